The molecular weight excluding hydrogens is 172 g/mol. The van der Waals surface area contributed by atoms with Gasteiger partial charge in [0.25, 0.3) is 0 Å². The van der Waals surface area contributed by atoms with Crippen LogP contribution in [0.25, 0.3) is 0 Å². The highest BCUT2D eigenvalue weighted by Gasteiger charge is 2.05. The molecule has 0 radical (unpaired) electrons. The van der Waals surface area contributed by atoms with Crippen molar-refractivity contribution in [1.82, 2.24) is 9.78 Å². The van der Waals surface area contributed by atoms with E-state index in [1.54, 1.807) is 0 Å². The summed E-state index contributed by atoms with van der Waals surface area (Å²) < 4.78 is 2.13. The zero-order chi connectivity index (χ0) is 10.6. The van der Waals surface area contributed by atoms with Crippen molar-refractivity contribution in [3.05, 3.63) is 18.0 Å². The summed E-state index contributed by atoms with van der Waals surface area (Å²) >= 11 is 0. The molecule has 1 rings (SSSR count). The monoisotopic (exact) mass is 194 g/mol. The Morgan fingerprint density at radius 2 is 2.00 bits per heavy atom. The number of hydrogen-bond acceptors (Lipinski definition) is 1. The summed E-state index contributed by atoms with van der Waals surface area (Å²) in [6.45, 7) is 8.91. The predicted molar refractivity (Wildman–Crippen MR) is 60.4 cm³/mol. The largest absolute Gasteiger partial charge is 0.267 e. The van der Waals surface area contributed by atoms with Gasteiger partial charge in [0.2, 0.25) is 0 Å². The molecule has 2 heteroatoms. The first-order chi connectivity index (χ1) is 6.61. The third-order valence-electron chi connectivity index (χ3n) is 2.46. The van der Waals surface area contributed by atoms with E-state index in [1.165, 1.54) is 18.5 Å². The van der Waals surface area contributed by atoms with Gasteiger partial charge in [0, 0.05) is 17.9 Å². The number of rotatable bonds is 5. The van der Waals surface area contributed by atoms with Gasteiger partial charge in [0.15, 0.2) is 0 Å². The Hall–Kier alpha value is -0.790. The quantitative estimate of drug-likeness (QED) is 0.702. The van der Waals surface area contributed by atoms with E-state index in [4.69, 9.17) is 0 Å². The van der Waals surface area contributed by atoms with Crippen LogP contribution in [0.3, 0.4) is 0 Å². The summed E-state index contributed by atoms with van der Waals surface area (Å²) in [6, 6.07) is 2.62. The highest BCUT2D eigenvalue weighted by Crippen LogP contribution is 2.13. The van der Waals surface area contributed by atoms with Crippen LogP contribution < -0.4 is 0 Å². The maximum absolute atomic E-state index is 4.33. The van der Waals surface area contributed by atoms with Crippen molar-refractivity contribution in [2.45, 2.75) is 53.0 Å². The molecule has 0 aromatic carbocycles. The van der Waals surface area contributed by atoms with Gasteiger partial charge in [-0.3, -0.25) is 4.68 Å². The van der Waals surface area contributed by atoms with Crippen molar-refractivity contribution in [3.63, 3.8) is 0 Å². The summed E-state index contributed by atoms with van der Waals surface area (Å²) in [5, 5.41) is 4.33. The summed E-state index contributed by atoms with van der Waals surface area (Å²) in [5.74, 6) is 0.811. The normalized spacial score (nSPS) is 11.6. The number of nitrogens with zero attached hydrogens (tertiary/aromatic N) is 2. The van der Waals surface area contributed by atoms with Crippen LogP contribution in [0.15, 0.2) is 12.3 Å². The zero-order valence-electron chi connectivity index (χ0n) is 9.83. The molecular formula is C12H22N2. The number of aromatic nitrogens is 2. The third kappa shape index (κ3) is 3.17. The van der Waals surface area contributed by atoms with E-state index in [9.17, 15) is 0 Å². The average molecular weight is 194 g/mol. The lowest BCUT2D eigenvalue weighted by Crippen LogP contribution is -2.07. The fraction of sp³-hybridized carbons (Fsp3) is 0.750. The molecule has 80 valence electrons. The minimum Gasteiger partial charge on any atom is -0.267 e. The van der Waals surface area contributed by atoms with Crippen LogP contribution in [0.4, 0.5) is 0 Å². The molecule has 14 heavy (non-hydrogen) atoms. The van der Waals surface area contributed by atoms with E-state index in [1.807, 2.05) is 6.20 Å². The molecule has 0 saturated heterocycles. The molecule has 1 heterocycles. The highest BCUT2D eigenvalue weighted by atomic mass is 15.3. The summed E-state index contributed by atoms with van der Waals surface area (Å²) in [4.78, 5) is 0. The maximum atomic E-state index is 4.33. The second kappa shape index (κ2) is 5.18. The predicted octanol–water partition coefficient (Wildman–Crippen LogP) is 3.44. The van der Waals surface area contributed by atoms with Crippen LogP contribution in [0.1, 0.15) is 52.3 Å². The second-order valence-electron chi connectivity index (χ2n) is 4.65. The molecule has 0 atom stereocenters. The van der Waals surface area contributed by atoms with Crippen LogP contribution >= 0.6 is 0 Å². The Balaban J connectivity index is 2.46. The molecule has 0 saturated carbocycles. The van der Waals surface area contributed by atoms with Crippen LogP contribution in [-0.4, -0.2) is 9.78 Å². The Kier molecular flexibility index (Phi) is 4.18. The van der Waals surface area contributed by atoms with Crippen molar-refractivity contribution in [1.29, 1.82) is 0 Å². The van der Waals surface area contributed by atoms with Crippen LogP contribution in [0.2, 0.25) is 0 Å². The molecule has 0 fully saturated rings. The van der Waals surface area contributed by atoms with Gasteiger partial charge in [-0.05, 0) is 38.7 Å². The lowest BCUT2D eigenvalue weighted by molar-refractivity contribution is 0.490. The lowest BCUT2D eigenvalue weighted by Gasteiger charge is -2.11. The van der Waals surface area contributed by atoms with E-state index in [-0.39, 0.29) is 0 Å². The van der Waals surface area contributed by atoms with Gasteiger partial charge in [-0.25, -0.2) is 0 Å². The Morgan fingerprint density at radius 1 is 1.29 bits per heavy atom. The van der Waals surface area contributed by atoms with Gasteiger partial charge in [-0.1, -0.05) is 20.3 Å². The Bertz CT molecular complexity index is 261. The first kappa shape index (κ1) is 11.3. The second-order valence-corrected chi connectivity index (χ2v) is 4.65. The van der Waals surface area contributed by atoms with E-state index >= 15 is 0 Å². The van der Waals surface area contributed by atoms with Gasteiger partial charge >= 0.3 is 0 Å². The zero-order valence-corrected chi connectivity index (χ0v) is 9.83. The molecule has 0 amide bonds. The van der Waals surface area contributed by atoms with Gasteiger partial charge < -0.3 is 0 Å². The van der Waals surface area contributed by atoms with Crippen LogP contribution in [0.5, 0.6) is 0 Å². The Labute approximate surface area is 87.3 Å². The SMILES string of the molecule is CC(C)CCCc1ccnn1C(C)C. The minimum absolute atomic E-state index is 0.485. The summed E-state index contributed by atoms with van der Waals surface area (Å²) in [7, 11) is 0. The lowest BCUT2D eigenvalue weighted by atomic mass is 10.1. The molecule has 0 N–H and O–H groups in total. The van der Waals surface area contributed by atoms with E-state index < -0.39 is 0 Å². The maximum Gasteiger partial charge on any atom is 0.0492 e. The summed E-state index contributed by atoms with van der Waals surface area (Å²) in [5.41, 5.74) is 1.38. The topological polar surface area (TPSA) is 17.8 Å². The molecule has 0 aliphatic rings. The van der Waals surface area contributed by atoms with E-state index in [2.05, 4.69) is 43.5 Å². The third-order valence-corrected chi connectivity index (χ3v) is 2.46. The molecule has 0 aliphatic carbocycles. The number of aryl methyl sites for hydroxylation is 1. The first-order valence-electron chi connectivity index (χ1n) is 5.63. The molecule has 0 spiro atoms. The smallest absolute Gasteiger partial charge is 0.0492 e. The molecule has 0 bridgehead atoms. The summed E-state index contributed by atoms with van der Waals surface area (Å²) in [6.07, 6.45) is 5.65. The van der Waals surface area contributed by atoms with Gasteiger partial charge in [-0.15, -0.1) is 0 Å². The molecule has 1 aromatic heterocycles. The van der Waals surface area contributed by atoms with Crippen LogP contribution in [-0.2, 0) is 6.42 Å². The standard InChI is InChI=1S/C12H22N2/c1-10(2)6-5-7-12-8-9-13-14(12)11(3)4/h8-11H,5-7H2,1-4H3. The van der Waals surface area contributed by atoms with Gasteiger partial charge in [0.05, 0.1) is 0 Å². The van der Waals surface area contributed by atoms with Crippen LogP contribution in [0, 0.1) is 5.92 Å². The molecule has 0 aliphatic heterocycles. The van der Waals surface area contributed by atoms with E-state index in [0.717, 1.165) is 12.3 Å². The molecule has 0 unspecified atom stereocenters. The average Bonchev–Trinajstić information content (AvgIpc) is 2.51. The van der Waals surface area contributed by atoms with E-state index in [0.29, 0.717) is 6.04 Å². The van der Waals surface area contributed by atoms with Gasteiger partial charge in [0.1, 0.15) is 0 Å². The van der Waals surface area contributed by atoms with Gasteiger partial charge in [-0.2, -0.15) is 5.10 Å². The fourth-order valence-electron chi connectivity index (χ4n) is 1.70. The molecule has 1 aromatic rings. The minimum atomic E-state index is 0.485. The first-order valence-corrected chi connectivity index (χ1v) is 5.63. The van der Waals surface area contributed by atoms with Crippen molar-refractivity contribution in [2.75, 3.05) is 0 Å². The highest BCUT2D eigenvalue weighted by molar-refractivity contribution is 5.01. The molecule has 2 nitrogen and oxygen atoms in total. The van der Waals surface area contributed by atoms with Crippen molar-refractivity contribution < 1.29 is 0 Å². The van der Waals surface area contributed by atoms with Crippen molar-refractivity contribution >= 4 is 0 Å². The van der Waals surface area contributed by atoms with Crippen molar-refractivity contribution in [2.24, 2.45) is 5.92 Å². The Morgan fingerprint density at radius 3 is 2.57 bits per heavy atom. The van der Waals surface area contributed by atoms with Crippen molar-refractivity contribution in [3.8, 4) is 0 Å². The fourth-order valence-corrected chi connectivity index (χ4v) is 1.70. The number of hydrogen-bond donors (Lipinski definition) is 0.